The Morgan fingerprint density at radius 1 is 1.33 bits per heavy atom. The molecule has 0 spiro atoms. The van der Waals surface area contributed by atoms with Crippen LogP contribution in [0.3, 0.4) is 0 Å². The van der Waals surface area contributed by atoms with Gasteiger partial charge in [0.05, 0.1) is 25.0 Å². The standard InChI is InChI=1S/C14H22N2O2/c1-2-15-7-11-5-6-17-14(11)10-16-8-12-3-4-13(9-16)18-12/h5-6,12-13,15H,2-4,7-10H2,1H3. The topological polar surface area (TPSA) is 37.6 Å². The van der Waals surface area contributed by atoms with E-state index in [2.05, 4.69) is 23.2 Å². The zero-order valence-electron chi connectivity index (χ0n) is 11.0. The highest BCUT2D eigenvalue weighted by Crippen LogP contribution is 2.27. The highest BCUT2D eigenvalue weighted by Gasteiger charge is 2.33. The lowest BCUT2D eigenvalue weighted by Gasteiger charge is -2.31. The maximum Gasteiger partial charge on any atom is 0.122 e. The van der Waals surface area contributed by atoms with E-state index in [-0.39, 0.29) is 0 Å². The van der Waals surface area contributed by atoms with Gasteiger partial charge >= 0.3 is 0 Å². The van der Waals surface area contributed by atoms with Crippen molar-refractivity contribution in [1.29, 1.82) is 0 Å². The molecule has 0 saturated carbocycles. The second kappa shape index (κ2) is 5.43. The van der Waals surface area contributed by atoms with Crippen molar-refractivity contribution in [3.8, 4) is 0 Å². The molecule has 4 nitrogen and oxygen atoms in total. The molecule has 0 aliphatic carbocycles. The summed E-state index contributed by atoms with van der Waals surface area (Å²) >= 11 is 0. The normalized spacial score (nSPS) is 27.8. The molecule has 1 aromatic heterocycles. The van der Waals surface area contributed by atoms with Crippen LogP contribution in [0.4, 0.5) is 0 Å². The van der Waals surface area contributed by atoms with Gasteiger partial charge in [-0.2, -0.15) is 0 Å². The molecule has 1 aromatic rings. The largest absolute Gasteiger partial charge is 0.468 e. The monoisotopic (exact) mass is 250 g/mol. The maximum absolute atomic E-state index is 5.86. The summed E-state index contributed by atoms with van der Waals surface area (Å²) in [4.78, 5) is 2.47. The fourth-order valence-corrected chi connectivity index (χ4v) is 2.95. The third-order valence-electron chi connectivity index (χ3n) is 3.89. The van der Waals surface area contributed by atoms with E-state index >= 15 is 0 Å². The van der Waals surface area contributed by atoms with Gasteiger partial charge in [0.2, 0.25) is 0 Å². The molecule has 3 heterocycles. The van der Waals surface area contributed by atoms with E-state index in [1.54, 1.807) is 6.26 Å². The highest BCUT2D eigenvalue weighted by molar-refractivity contribution is 5.17. The third kappa shape index (κ3) is 2.60. The van der Waals surface area contributed by atoms with Crippen LogP contribution in [0.1, 0.15) is 31.1 Å². The predicted molar refractivity (Wildman–Crippen MR) is 69.3 cm³/mol. The number of ether oxygens (including phenoxy) is 1. The van der Waals surface area contributed by atoms with Crippen molar-refractivity contribution in [2.45, 2.75) is 45.1 Å². The molecule has 2 saturated heterocycles. The number of hydrogen-bond donors (Lipinski definition) is 1. The van der Waals surface area contributed by atoms with Crippen LogP contribution in [0, 0.1) is 0 Å². The van der Waals surface area contributed by atoms with Crippen molar-refractivity contribution in [2.24, 2.45) is 0 Å². The average Bonchev–Trinajstić information content (AvgIpc) is 2.94. The Hall–Kier alpha value is -0.840. The van der Waals surface area contributed by atoms with E-state index in [1.807, 2.05) is 0 Å². The summed E-state index contributed by atoms with van der Waals surface area (Å²) in [6, 6.07) is 2.08. The van der Waals surface area contributed by atoms with E-state index in [0.29, 0.717) is 12.2 Å². The first-order valence-corrected chi connectivity index (χ1v) is 6.99. The van der Waals surface area contributed by atoms with Gasteiger partial charge in [0, 0.05) is 25.2 Å². The Bertz CT molecular complexity index is 379. The zero-order chi connectivity index (χ0) is 12.4. The number of furan rings is 1. The molecule has 2 bridgehead atoms. The molecule has 100 valence electrons. The second-order valence-corrected chi connectivity index (χ2v) is 5.30. The summed E-state index contributed by atoms with van der Waals surface area (Å²) in [6.45, 7) is 7.05. The van der Waals surface area contributed by atoms with Crippen LogP contribution >= 0.6 is 0 Å². The van der Waals surface area contributed by atoms with Crippen LogP contribution in [-0.2, 0) is 17.8 Å². The minimum Gasteiger partial charge on any atom is -0.468 e. The van der Waals surface area contributed by atoms with Crippen molar-refractivity contribution in [3.05, 3.63) is 23.7 Å². The molecule has 0 amide bonds. The Morgan fingerprint density at radius 2 is 2.11 bits per heavy atom. The van der Waals surface area contributed by atoms with Crippen LogP contribution in [0.25, 0.3) is 0 Å². The van der Waals surface area contributed by atoms with E-state index in [9.17, 15) is 0 Å². The molecular formula is C14H22N2O2. The fraction of sp³-hybridized carbons (Fsp3) is 0.714. The molecule has 3 rings (SSSR count). The van der Waals surface area contributed by atoms with Gasteiger partial charge in [0.25, 0.3) is 0 Å². The Kier molecular flexibility index (Phi) is 3.68. The first kappa shape index (κ1) is 12.2. The number of rotatable bonds is 5. The Morgan fingerprint density at radius 3 is 2.83 bits per heavy atom. The average molecular weight is 250 g/mol. The number of hydrogen-bond acceptors (Lipinski definition) is 4. The molecule has 18 heavy (non-hydrogen) atoms. The van der Waals surface area contributed by atoms with Crippen molar-refractivity contribution >= 4 is 0 Å². The third-order valence-corrected chi connectivity index (χ3v) is 3.89. The van der Waals surface area contributed by atoms with Gasteiger partial charge < -0.3 is 14.5 Å². The predicted octanol–water partition coefficient (Wildman–Crippen LogP) is 1.75. The fourth-order valence-electron chi connectivity index (χ4n) is 2.95. The number of morpholine rings is 1. The van der Waals surface area contributed by atoms with E-state index in [4.69, 9.17) is 9.15 Å². The SMILES string of the molecule is CCNCc1ccoc1CN1CC2CCC(C1)O2. The van der Waals surface area contributed by atoms with Gasteiger partial charge in [-0.3, -0.25) is 4.90 Å². The van der Waals surface area contributed by atoms with Crippen molar-refractivity contribution in [1.82, 2.24) is 10.2 Å². The van der Waals surface area contributed by atoms with Crippen LogP contribution in [0.5, 0.6) is 0 Å². The van der Waals surface area contributed by atoms with Crippen LogP contribution in [-0.4, -0.2) is 36.7 Å². The smallest absolute Gasteiger partial charge is 0.122 e. The number of nitrogens with one attached hydrogen (secondary N) is 1. The lowest BCUT2D eigenvalue weighted by molar-refractivity contribution is -0.0428. The molecule has 0 aromatic carbocycles. The summed E-state index contributed by atoms with van der Waals surface area (Å²) in [7, 11) is 0. The van der Waals surface area contributed by atoms with E-state index < -0.39 is 0 Å². The van der Waals surface area contributed by atoms with Gasteiger partial charge in [-0.1, -0.05) is 6.92 Å². The first-order valence-electron chi connectivity index (χ1n) is 6.99. The zero-order valence-corrected chi connectivity index (χ0v) is 11.0. The minimum absolute atomic E-state index is 0.455. The molecule has 2 unspecified atom stereocenters. The number of likely N-dealkylation sites (tertiary alicyclic amines) is 1. The van der Waals surface area contributed by atoms with Crippen molar-refractivity contribution in [2.75, 3.05) is 19.6 Å². The summed E-state index contributed by atoms with van der Waals surface area (Å²) in [6.07, 6.45) is 5.16. The molecule has 4 heteroatoms. The van der Waals surface area contributed by atoms with E-state index in [0.717, 1.165) is 38.5 Å². The van der Waals surface area contributed by atoms with Crippen molar-refractivity contribution < 1.29 is 9.15 Å². The summed E-state index contributed by atoms with van der Waals surface area (Å²) in [5.41, 5.74) is 1.29. The summed E-state index contributed by atoms with van der Waals surface area (Å²) < 4.78 is 11.5. The molecule has 1 N–H and O–H groups in total. The lowest BCUT2D eigenvalue weighted by atomic mass is 10.2. The van der Waals surface area contributed by atoms with Crippen LogP contribution in [0.15, 0.2) is 16.7 Å². The van der Waals surface area contributed by atoms with E-state index in [1.165, 1.54) is 18.4 Å². The minimum atomic E-state index is 0.455. The number of fused-ring (bicyclic) bond motifs is 2. The first-order chi connectivity index (χ1) is 8.85. The van der Waals surface area contributed by atoms with Gasteiger partial charge in [0.1, 0.15) is 5.76 Å². The molecule has 2 aliphatic heterocycles. The maximum atomic E-state index is 5.86. The Labute approximate surface area is 108 Å². The number of nitrogens with zero attached hydrogens (tertiary/aromatic N) is 1. The lowest BCUT2D eigenvalue weighted by Crippen LogP contribution is -2.42. The second-order valence-electron chi connectivity index (χ2n) is 5.30. The van der Waals surface area contributed by atoms with Gasteiger partial charge in [-0.05, 0) is 25.5 Å². The molecular weight excluding hydrogens is 228 g/mol. The summed E-state index contributed by atoms with van der Waals surface area (Å²) in [5, 5.41) is 3.35. The van der Waals surface area contributed by atoms with Gasteiger partial charge in [0.15, 0.2) is 0 Å². The quantitative estimate of drug-likeness (QED) is 0.864. The summed E-state index contributed by atoms with van der Waals surface area (Å²) in [5.74, 6) is 1.11. The van der Waals surface area contributed by atoms with Gasteiger partial charge in [-0.15, -0.1) is 0 Å². The molecule has 2 atom stereocenters. The Balaban J connectivity index is 1.60. The van der Waals surface area contributed by atoms with Crippen LogP contribution in [0.2, 0.25) is 0 Å². The highest BCUT2D eigenvalue weighted by atomic mass is 16.5. The van der Waals surface area contributed by atoms with Crippen LogP contribution < -0.4 is 5.32 Å². The van der Waals surface area contributed by atoms with Crippen molar-refractivity contribution in [3.63, 3.8) is 0 Å². The molecule has 2 fully saturated rings. The molecule has 2 aliphatic rings. The van der Waals surface area contributed by atoms with Gasteiger partial charge in [-0.25, -0.2) is 0 Å². The molecule has 0 radical (unpaired) electrons.